The number of ether oxygens (including phenoxy) is 2. The van der Waals surface area contributed by atoms with Gasteiger partial charge in [-0.1, -0.05) is 70.2 Å². The van der Waals surface area contributed by atoms with Gasteiger partial charge in [-0.15, -0.1) is 0 Å². The SMILES string of the molecule is COC(=O)N[C@H](C(=O)N[C@@H](Cc1ccccc1)C(O)CN(Cc1ccc(O)cc1)NC(=O)[C@@H](NC(=O)OC)C(C)C)C(C)C. The normalized spacial score (nSPS) is 13.9. The van der Waals surface area contributed by atoms with E-state index in [1.807, 2.05) is 30.3 Å². The van der Waals surface area contributed by atoms with Crippen molar-refractivity contribution in [3.8, 4) is 5.75 Å². The van der Waals surface area contributed by atoms with Crippen LogP contribution in [0.5, 0.6) is 5.75 Å². The molecule has 0 heterocycles. The number of phenolic OH excluding ortho intramolecular Hbond substituents is 1. The quantitative estimate of drug-likeness (QED) is 0.164. The number of aliphatic hydroxyl groups is 1. The number of nitrogens with one attached hydrogen (secondary N) is 4. The Balaban J connectivity index is 2.37. The zero-order valence-electron chi connectivity index (χ0n) is 26.1. The molecule has 13 heteroatoms. The Morgan fingerprint density at radius 3 is 1.77 bits per heavy atom. The van der Waals surface area contributed by atoms with Crippen LogP contribution in [0.15, 0.2) is 54.6 Å². The first-order valence-electron chi connectivity index (χ1n) is 14.4. The molecule has 0 saturated carbocycles. The average molecular weight is 616 g/mol. The third kappa shape index (κ3) is 11.7. The van der Waals surface area contributed by atoms with Crippen molar-refractivity contribution in [1.82, 2.24) is 26.4 Å². The number of hydrazine groups is 1. The van der Waals surface area contributed by atoms with Gasteiger partial charge in [0.05, 0.1) is 26.4 Å². The molecular formula is C31H45N5O8. The summed E-state index contributed by atoms with van der Waals surface area (Å²) in [5.41, 5.74) is 4.34. The van der Waals surface area contributed by atoms with E-state index in [1.165, 1.54) is 31.4 Å². The third-order valence-corrected chi connectivity index (χ3v) is 6.89. The van der Waals surface area contributed by atoms with Crippen molar-refractivity contribution in [2.75, 3.05) is 20.8 Å². The highest BCUT2D eigenvalue weighted by atomic mass is 16.5. The predicted molar refractivity (Wildman–Crippen MR) is 163 cm³/mol. The molecule has 0 aromatic heterocycles. The number of rotatable bonds is 15. The standard InChI is InChI=1S/C31H45N5O8/c1-19(2)26(33-30(41)43-5)28(39)32-24(16-21-10-8-7-9-11-21)25(38)18-36(17-22-12-14-23(37)15-13-22)35-29(40)27(20(3)4)34-31(42)44-6/h7-15,19-20,24-27,37-38H,16-18H2,1-6H3,(H,32,39)(H,33,41)(H,34,42)(H,35,40)/t24-,25?,26-,27-/m0/s1. The van der Waals surface area contributed by atoms with Crippen molar-refractivity contribution in [1.29, 1.82) is 0 Å². The largest absolute Gasteiger partial charge is 0.508 e. The molecule has 0 spiro atoms. The maximum atomic E-state index is 13.4. The van der Waals surface area contributed by atoms with Crippen LogP contribution in [-0.2, 0) is 32.0 Å². The lowest BCUT2D eigenvalue weighted by molar-refractivity contribution is -0.131. The van der Waals surface area contributed by atoms with Crippen molar-refractivity contribution in [2.45, 2.75) is 64.9 Å². The van der Waals surface area contributed by atoms with Gasteiger partial charge in [0.2, 0.25) is 5.91 Å². The molecule has 2 aromatic carbocycles. The number of hydrogen-bond donors (Lipinski definition) is 6. The van der Waals surface area contributed by atoms with Gasteiger partial charge in [-0.25, -0.2) is 14.6 Å². The van der Waals surface area contributed by atoms with E-state index >= 15 is 0 Å². The molecule has 44 heavy (non-hydrogen) atoms. The van der Waals surface area contributed by atoms with Crippen molar-refractivity contribution < 1.29 is 38.9 Å². The summed E-state index contributed by atoms with van der Waals surface area (Å²) in [7, 11) is 2.40. The second-order valence-corrected chi connectivity index (χ2v) is 11.1. The van der Waals surface area contributed by atoms with Crippen LogP contribution in [0.25, 0.3) is 0 Å². The van der Waals surface area contributed by atoms with Gasteiger partial charge in [-0.3, -0.25) is 15.0 Å². The minimum atomic E-state index is -1.21. The molecule has 4 amide bonds. The molecule has 0 aliphatic heterocycles. The Morgan fingerprint density at radius 1 is 0.750 bits per heavy atom. The predicted octanol–water partition coefficient (Wildman–Crippen LogP) is 2.07. The van der Waals surface area contributed by atoms with Crippen LogP contribution in [0.3, 0.4) is 0 Å². The van der Waals surface area contributed by atoms with E-state index < -0.39 is 48.2 Å². The van der Waals surface area contributed by atoms with Crippen LogP contribution >= 0.6 is 0 Å². The number of aromatic hydroxyl groups is 1. The summed E-state index contributed by atoms with van der Waals surface area (Å²) in [5, 5.41) is 30.7. The van der Waals surface area contributed by atoms with Gasteiger partial charge in [0.15, 0.2) is 0 Å². The molecule has 0 aliphatic carbocycles. The van der Waals surface area contributed by atoms with Gasteiger partial charge >= 0.3 is 12.2 Å². The van der Waals surface area contributed by atoms with Crippen molar-refractivity contribution >= 4 is 24.0 Å². The maximum absolute atomic E-state index is 13.4. The highest BCUT2D eigenvalue weighted by molar-refractivity contribution is 5.86. The van der Waals surface area contributed by atoms with Gasteiger partial charge < -0.3 is 35.6 Å². The molecule has 242 valence electrons. The summed E-state index contributed by atoms with van der Waals surface area (Å²) in [4.78, 5) is 50.5. The van der Waals surface area contributed by atoms with Crippen molar-refractivity contribution in [3.05, 3.63) is 65.7 Å². The lowest BCUT2D eigenvalue weighted by Gasteiger charge is -2.33. The van der Waals surface area contributed by atoms with Crippen molar-refractivity contribution in [2.24, 2.45) is 11.8 Å². The first-order valence-corrected chi connectivity index (χ1v) is 14.4. The minimum absolute atomic E-state index is 0.0671. The Morgan fingerprint density at radius 2 is 1.27 bits per heavy atom. The second kappa shape index (κ2) is 17.7. The molecule has 0 fully saturated rings. The number of carbonyl (C=O) groups is 4. The van der Waals surface area contributed by atoms with Gasteiger partial charge in [-0.05, 0) is 41.5 Å². The molecule has 1 unspecified atom stereocenters. The number of aliphatic hydroxyl groups excluding tert-OH is 1. The second-order valence-electron chi connectivity index (χ2n) is 11.1. The fourth-order valence-corrected chi connectivity index (χ4v) is 4.42. The summed E-state index contributed by atoms with van der Waals surface area (Å²) in [5.74, 6) is -1.57. The summed E-state index contributed by atoms with van der Waals surface area (Å²) >= 11 is 0. The van der Waals surface area contributed by atoms with E-state index in [4.69, 9.17) is 0 Å². The number of nitrogens with zero attached hydrogens (tertiary/aromatic N) is 1. The molecule has 13 nitrogen and oxygen atoms in total. The Kier molecular flexibility index (Phi) is 14.4. The molecule has 0 saturated heterocycles. The van der Waals surface area contributed by atoms with E-state index in [2.05, 4.69) is 30.8 Å². The molecular weight excluding hydrogens is 570 g/mol. The highest BCUT2D eigenvalue weighted by Gasteiger charge is 2.32. The van der Waals surface area contributed by atoms with E-state index in [9.17, 15) is 29.4 Å². The fraction of sp³-hybridized carbons (Fsp3) is 0.484. The van der Waals surface area contributed by atoms with Crippen LogP contribution in [-0.4, -0.2) is 84.2 Å². The number of amides is 4. The smallest absolute Gasteiger partial charge is 0.407 e. The Hall–Kier alpha value is -4.36. The number of benzene rings is 2. The Labute approximate surface area is 258 Å². The van der Waals surface area contributed by atoms with Crippen molar-refractivity contribution in [3.63, 3.8) is 0 Å². The molecule has 0 bridgehead atoms. The maximum Gasteiger partial charge on any atom is 0.407 e. The summed E-state index contributed by atoms with van der Waals surface area (Å²) in [6.45, 7) is 7.05. The number of carbonyl (C=O) groups excluding carboxylic acids is 4. The third-order valence-electron chi connectivity index (χ3n) is 6.89. The van der Waals surface area contributed by atoms with Crippen LogP contribution in [0.2, 0.25) is 0 Å². The molecule has 0 aliphatic rings. The molecule has 0 radical (unpaired) electrons. The molecule has 2 aromatic rings. The fourth-order valence-electron chi connectivity index (χ4n) is 4.42. The molecule has 4 atom stereocenters. The zero-order valence-corrected chi connectivity index (χ0v) is 26.1. The van der Waals surface area contributed by atoms with Crippen LogP contribution < -0.4 is 21.4 Å². The van der Waals surface area contributed by atoms with Gasteiger partial charge in [0, 0.05) is 13.1 Å². The first kappa shape index (κ1) is 35.8. The van der Waals surface area contributed by atoms with E-state index in [0.717, 1.165) is 5.56 Å². The molecule has 2 rings (SSSR count). The average Bonchev–Trinajstić information content (AvgIpc) is 2.98. The van der Waals surface area contributed by atoms with Crippen LogP contribution in [0, 0.1) is 11.8 Å². The first-order chi connectivity index (χ1) is 20.8. The van der Waals surface area contributed by atoms with E-state index in [1.54, 1.807) is 39.8 Å². The van der Waals surface area contributed by atoms with E-state index in [0.29, 0.717) is 5.56 Å². The zero-order chi connectivity index (χ0) is 32.8. The number of phenols is 1. The van der Waals surface area contributed by atoms with Gasteiger partial charge in [0.25, 0.3) is 5.91 Å². The topological polar surface area (TPSA) is 179 Å². The van der Waals surface area contributed by atoms with E-state index in [-0.39, 0.29) is 37.1 Å². The summed E-state index contributed by atoms with van der Waals surface area (Å²) in [6.07, 6.45) is -2.50. The molecule has 6 N–H and O–H groups in total. The van der Waals surface area contributed by atoms with Gasteiger partial charge in [-0.2, -0.15) is 0 Å². The number of alkyl carbamates (subject to hydrolysis) is 2. The number of methoxy groups -OCH3 is 2. The van der Waals surface area contributed by atoms with Crippen LogP contribution in [0.4, 0.5) is 9.59 Å². The lowest BCUT2D eigenvalue weighted by atomic mass is 9.98. The highest BCUT2D eigenvalue weighted by Crippen LogP contribution is 2.14. The lowest BCUT2D eigenvalue weighted by Crippen LogP contribution is -2.59. The van der Waals surface area contributed by atoms with Crippen LogP contribution in [0.1, 0.15) is 38.8 Å². The Bertz CT molecular complexity index is 1210. The minimum Gasteiger partial charge on any atom is -0.508 e. The summed E-state index contributed by atoms with van der Waals surface area (Å²) < 4.78 is 9.34. The monoisotopic (exact) mass is 615 g/mol. The number of hydrogen-bond acceptors (Lipinski definition) is 9. The van der Waals surface area contributed by atoms with Gasteiger partial charge in [0.1, 0.15) is 17.8 Å². The summed E-state index contributed by atoms with van der Waals surface area (Å²) in [6, 6.07) is 12.9.